The van der Waals surface area contributed by atoms with Crippen LogP contribution in [0.1, 0.15) is 50.4 Å². The van der Waals surface area contributed by atoms with Gasteiger partial charge in [0.2, 0.25) is 0 Å². The molecule has 126 valence electrons. The molecule has 0 aromatic carbocycles. The van der Waals surface area contributed by atoms with E-state index in [1.165, 1.54) is 9.78 Å². The number of carbonyl (C=O) groups is 2. The van der Waals surface area contributed by atoms with Crippen molar-refractivity contribution in [1.29, 1.82) is 0 Å². The van der Waals surface area contributed by atoms with Crippen LogP contribution in [-0.2, 0) is 4.79 Å². The van der Waals surface area contributed by atoms with Crippen molar-refractivity contribution >= 4 is 23.3 Å². The SMILES string of the molecule is CC(c1cccs1)N(C)CN1C(=O)NC2(CCCCC2C)C1=O. The molecule has 1 aliphatic carbocycles. The zero-order valence-electron chi connectivity index (χ0n) is 14.0. The van der Waals surface area contributed by atoms with Crippen LogP contribution in [0.4, 0.5) is 4.79 Å². The summed E-state index contributed by atoms with van der Waals surface area (Å²) >= 11 is 1.70. The van der Waals surface area contributed by atoms with E-state index in [-0.39, 0.29) is 23.9 Å². The van der Waals surface area contributed by atoms with Gasteiger partial charge in [0, 0.05) is 10.9 Å². The molecule has 3 amide bonds. The van der Waals surface area contributed by atoms with Gasteiger partial charge < -0.3 is 5.32 Å². The summed E-state index contributed by atoms with van der Waals surface area (Å²) in [4.78, 5) is 30.1. The lowest BCUT2D eigenvalue weighted by Crippen LogP contribution is -2.54. The molecule has 1 N–H and O–H groups in total. The van der Waals surface area contributed by atoms with Gasteiger partial charge in [0.15, 0.2) is 0 Å². The zero-order chi connectivity index (χ0) is 16.6. The Morgan fingerprint density at radius 1 is 1.48 bits per heavy atom. The maximum atomic E-state index is 13.0. The third-order valence-corrected chi connectivity index (χ3v) is 6.52. The highest BCUT2D eigenvalue weighted by Crippen LogP contribution is 2.38. The Bertz CT molecular complexity index is 589. The fourth-order valence-corrected chi connectivity index (χ4v) is 4.56. The van der Waals surface area contributed by atoms with Gasteiger partial charge in [-0.1, -0.05) is 25.8 Å². The molecule has 3 atom stereocenters. The van der Waals surface area contributed by atoms with Crippen molar-refractivity contribution < 1.29 is 9.59 Å². The second-order valence-electron chi connectivity index (χ2n) is 6.87. The largest absolute Gasteiger partial charge is 0.326 e. The second kappa shape index (κ2) is 6.24. The van der Waals surface area contributed by atoms with E-state index in [1.807, 2.05) is 18.5 Å². The van der Waals surface area contributed by atoms with Crippen LogP contribution in [0.3, 0.4) is 0 Å². The van der Waals surface area contributed by atoms with Crippen molar-refractivity contribution in [2.75, 3.05) is 13.7 Å². The third-order valence-electron chi connectivity index (χ3n) is 5.48. The maximum absolute atomic E-state index is 13.0. The minimum Gasteiger partial charge on any atom is -0.323 e. The summed E-state index contributed by atoms with van der Waals surface area (Å²) in [7, 11) is 1.96. The number of thiophene rings is 1. The number of nitrogens with one attached hydrogen (secondary N) is 1. The van der Waals surface area contributed by atoms with Crippen LogP contribution < -0.4 is 5.32 Å². The van der Waals surface area contributed by atoms with Crippen molar-refractivity contribution in [3.05, 3.63) is 22.4 Å². The molecule has 6 heteroatoms. The van der Waals surface area contributed by atoms with Gasteiger partial charge in [-0.15, -0.1) is 11.3 Å². The third kappa shape index (κ3) is 2.78. The van der Waals surface area contributed by atoms with Gasteiger partial charge in [0.05, 0.1) is 6.67 Å². The lowest BCUT2D eigenvalue weighted by atomic mass is 9.73. The molecule has 2 fully saturated rings. The van der Waals surface area contributed by atoms with Gasteiger partial charge >= 0.3 is 6.03 Å². The number of nitrogens with zero attached hydrogens (tertiary/aromatic N) is 2. The molecule has 3 rings (SSSR count). The van der Waals surface area contributed by atoms with Crippen molar-refractivity contribution in [2.45, 2.75) is 51.1 Å². The highest BCUT2D eigenvalue weighted by molar-refractivity contribution is 7.10. The first-order valence-corrected chi connectivity index (χ1v) is 9.21. The van der Waals surface area contributed by atoms with Gasteiger partial charge in [-0.2, -0.15) is 0 Å². The summed E-state index contributed by atoms with van der Waals surface area (Å²) in [6.07, 6.45) is 3.91. The van der Waals surface area contributed by atoms with Gasteiger partial charge in [-0.25, -0.2) is 9.69 Å². The highest BCUT2D eigenvalue weighted by Gasteiger charge is 2.55. The highest BCUT2D eigenvalue weighted by atomic mass is 32.1. The Morgan fingerprint density at radius 3 is 2.91 bits per heavy atom. The van der Waals surface area contributed by atoms with Crippen molar-refractivity contribution in [3.63, 3.8) is 0 Å². The molecule has 23 heavy (non-hydrogen) atoms. The minimum absolute atomic E-state index is 0.0417. The number of carbonyl (C=O) groups excluding carboxylic acids is 2. The van der Waals surface area contributed by atoms with E-state index < -0.39 is 5.54 Å². The van der Waals surface area contributed by atoms with Gasteiger partial charge in [0.25, 0.3) is 5.91 Å². The first-order valence-electron chi connectivity index (χ1n) is 8.33. The van der Waals surface area contributed by atoms with Crippen molar-refractivity contribution in [2.24, 2.45) is 5.92 Å². The van der Waals surface area contributed by atoms with Crippen LogP contribution in [-0.4, -0.2) is 41.0 Å². The molecule has 1 spiro atoms. The van der Waals surface area contributed by atoms with Gasteiger partial charge in [-0.05, 0) is 44.2 Å². The molecular formula is C17H25N3O2S. The zero-order valence-corrected chi connectivity index (χ0v) is 14.9. The Labute approximate surface area is 141 Å². The number of hydrogen-bond acceptors (Lipinski definition) is 4. The van der Waals surface area contributed by atoms with E-state index in [2.05, 4.69) is 30.1 Å². The monoisotopic (exact) mass is 335 g/mol. The standard InChI is InChI=1S/C17H25N3O2S/c1-12-7-4-5-9-17(12)15(21)20(16(22)18-17)11-19(3)13(2)14-8-6-10-23-14/h6,8,10,12-13H,4-5,7,9,11H2,1-3H3,(H,18,22). The minimum atomic E-state index is -0.664. The summed E-state index contributed by atoms with van der Waals surface area (Å²) in [6, 6.07) is 4.05. The lowest BCUT2D eigenvalue weighted by molar-refractivity contribution is -0.135. The molecule has 0 radical (unpaired) electrons. The fourth-order valence-electron chi connectivity index (χ4n) is 3.72. The normalized spacial score (nSPS) is 29.4. The summed E-state index contributed by atoms with van der Waals surface area (Å²) in [5.74, 6) is 0.164. The molecule has 1 aromatic heterocycles. The van der Waals surface area contributed by atoms with Crippen LogP contribution in [0.2, 0.25) is 0 Å². The number of imide groups is 1. The molecule has 2 heterocycles. The van der Waals surface area contributed by atoms with E-state index in [1.54, 1.807) is 11.3 Å². The molecule has 1 saturated carbocycles. The van der Waals surface area contributed by atoms with E-state index in [9.17, 15) is 9.59 Å². The topological polar surface area (TPSA) is 52.6 Å². The Kier molecular flexibility index (Phi) is 4.47. The average Bonchev–Trinajstić information content (AvgIpc) is 3.13. The molecular weight excluding hydrogens is 310 g/mol. The van der Waals surface area contributed by atoms with E-state index >= 15 is 0 Å². The first-order chi connectivity index (χ1) is 11.0. The predicted molar refractivity (Wildman–Crippen MR) is 91.1 cm³/mol. The number of hydrogen-bond donors (Lipinski definition) is 1. The second-order valence-corrected chi connectivity index (χ2v) is 7.85. The van der Waals surface area contributed by atoms with E-state index in [0.717, 1.165) is 25.7 Å². The molecule has 3 unspecified atom stereocenters. The summed E-state index contributed by atoms with van der Waals surface area (Å²) in [5.41, 5.74) is -0.664. The predicted octanol–water partition coefficient (Wildman–Crippen LogP) is 3.20. The number of urea groups is 1. The number of amides is 3. The molecule has 2 aliphatic rings. The van der Waals surface area contributed by atoms with Crippen LogP contribution in [0.5, 0.6) is 0 Å². The summed E-state index contributed by atoms with van der Waals surface area (Å²) in [6.45, 7) is 4.51. The quantitative estimate of drug-likeness (QED) is 0.860. The Hall–Kier alpha value is -1.40. The van der Waals surface area contributed by atoms with Crippen LogP contribution >= 0.6 is 11.3 Å². The van der Waals surface area contributed by atoms with Gasteiger partial charge in [-0.3, -0.25) is 9.69 Å². The number of rotatable bonds is 4. The van der Waals surface area contributed by atoms with Crippen LogP contribution in [0.15, 0.2) is 17.5 Å². The van der Waals surface area contributed by atoms with Crippen molar-refractivity contribution in [1.82, 2.24) is 15.1 Å². The van der Waals surface area contributed by atoms with E-state index in [0.29, 0.717) is 6.67 Å². The average molecular weight is 335 g/mol. The van der Waals surface area contributed by atoms with Gasteiger partial charge in [0.1, 0.15) is 5.54 Å². The fraction of sp³-hybridized carbons (Fsp3) is 0.647. The first kappa shape index (κ1) is 16.5. The summed E-state index contributed by atoms with van der Waals surface area (Å²) < 4.78 is 0. The lowest BCUT2D eigenvalue weighted by Gasteiger charge is -2.37. The van der Waals surface area contributed by atoms with Crippen LogP contribution in [0, 0.1) is 5.92 Å². The molecule has 5 nitrogen and oxygen atoms in total. The Balaban J connectivity index is 1.73. The smallest absolute Gasteiger partial charge is 0.323 e. The van der Waals surface area contributed by atoms with Crippen molar-refractivity contribution in [3.8, 4) is 0 Å². The molecule has 0 bridgehead atoms. The van der Waals surface area contributed by atoms with E-state index in [4.69, 9.17) is 0 Å². The molecule has 1 aromatic rings. The molecule has 1 aliphatic heterocycles. The summed E-state index contributed by atoms with van der Waals surface area (Å²) in [5, 5.41) is 5.06. The van der Waals surface area contributed by atoms with Crippen LogP contribution in [0.25, 0.3) is 0 Å². The Morgan fingerprint density at radius 2 is 2.26 bits per heavy atom. The molecule has 1 saturated heterocycles. The maximum Gasteiger partial charge on any atom is 0.326 e.